The van der Waals surface area contributed by atoms with E-state index in [0.29, 0.717) is 31.9 Å². The van der Waals surface area contributed by atoms with Gasteiger partial charge >= 0.3 is 0 Å². The van der Waals surface area contributed by atoms with E-state index >= 15 is 0 Å². The van der Waals surface area contributed by atoms with Gasteiger partial charge in [-0.3, -0.25) is 4.90 Å². The van der Waals surface area contributed by atoms with Gasteiger partial charge in [0.05, 0.1) is 17.9 Å². The molecule has 0 saturated carbocycles. The monoisotopic (exact) mass is 332 g/mol. The molecule has 0 unspecified atom stereocenters. The van der Waals surface area contributed by atoms with E-state index in [4.69, 9.17) is 4.42 Å². The third-order valence-corrected chi connectivity index (χ3v) is 3.68. The fraction of sp³-hybridized carbons (Fsp3) is 0.333. The fourth-order valence-electron chi connectivity index (χ4n) is 2.69. The first kappa shape index (κ1) is 16.9. The van der Waals surface area contributed by atoms with Crippen LogP contribution in [0.15, 0.2) is 34.9 Å². The summed E-state index contributed by atoms with van der Waals surface area (Å²) < 4.78 is 47.2. The number of benzene rings is 1. The second kappa shape index (κ2) is 7.17. The molecule has 1 aromatic carbocycles. The molecule has 2 heterocycles. The van der Waals surface area contributed by atoms with Crippen molar-refractivity contribution < 1.29 is 17.6 Å². The van der Waals surface area contributed by atoms with Crippen LogP contribution in [-0.2, 0) is 0 Å². The lowest BCUT2D eigenvalue weighted by Crippen LogP contribution is -2.45. The van der Waals surface area contributed by atoms with Crippen LogP contribution in [0.5, 0.6) is 0 Å². The van der Waals surface area contributed by atoms with Crippen LogP contribution in [-0.4, -0.2) is 31.1 Å². The minimum Gasteiger partial charge on any atom is -0.467 e. The quantitative estimate of drug-likeness (QED) is 0.875. The fourth-order valence-corrected chi connectivity index (χ4v) is 2.69. The predicted octanol–water partition coefficient (Wildman–Crippen LogP) is 3.11. The van der Waals surface area contributed by atoms with Gasteiger partial charge in [-0.1, -0.05) is 0 Å². The number of halogens is 4. The zero-order chi connectivity index (χ0) is 14.8. The van der Waals surface area contributed by atoms with Crippen molar-refractivity contribution in [3.8, 4) is 0 Å². The largest absolute Gasteiger partial charge is 0.467 e. The molecule has 120 valence electrons. The molecule has 1 aliphatic rings. The van der Waals surface area contributed by atoms with Crippen molar-refractivity contribution in [2.45, 2.75) is 6.04 Å². The van der Waals surface area contributed by atoms with Gasteiger partial charge in [-0.05, 0) is 24.3 Å². The molecule has 1 atom stereocenters. The number of nitrogens with zero attached hydrogens (tertiary/aromatic N) is 1. The van der Waals surface area contributed by atoms with Gasteiger partial charge in [0.25, 0.3) is 0 Å². The molecule has 0 aliphatic carbocycles. The summed E-state index contributed by atoms with van der Waals surface area (Å²) in [5, 5.41) is 3.17. The Kier molecular flexibility index (Phi) is 5.50. The predicted molar refractivity (Wildman–Crippen MR) is 78.6 cm³/mol. The van der Waals surface area contributed by atoms with E-state index in [1.807, 2.05) is 4.90 Å². The van der Waals surface area contributed by atoms with Gasteiger partial charge in [0.1, 0.15) is 11.6 Å². The molecule has 3 rings (SSSR count). The third kappa shape index (κ3) is 3.14. The Balaban J connectivity index is 0.00000176. The molecule has 0 spiro atoms. The molecule has 0 bridgehead atoms. The summed E-state index contributed by atoms with van der Waals surface area (Å²) in [7, 11) is 0. The Bertz CT molecular complexity index is 616. The van der Waals surface area contributed by atoms with E-state index in [2.05, 4.69) is 5.32 Å². The number of furan rings is 1. The number of hydrogen-bond acceptors (Lipinski definition) is 3. The highest BCUT2D eigenvalue weighted by Gasteiger charge is 2.32. The van der Waals surface area contributed by atoms with Crippen molar-refractivity contribution in [2.24, 2.45) is 0 Å². The average molecular weight is 333 g/mol. The molecular formula is C15H16ClF3N2O. The second-order valence-electron chi connectivity index (χ2n) is 4.96. The normalized spacial score (nSPS) is 17.0. The van der Waals surface area contributed by atoms with Crippen LogP contribution >= 0.6 is 12.4 Å². The summed E-state index contributed by atoms with van der Waals surface area (Å²) in [6, 6.07) is 4.28. The summed E-state index contributed by atoms with van der Waals surface area (Å²) in [5.74, 6) is -2.58. The third-order valence-electron chi connectivity index (χ3n) is 3.68. The van der Waals surface area contributed by atoms with E-state index in [0.717, 1.165) is 12.1 Å². The minimum absolute atomic E-state index is 0. The maximum Gasteiger partial charge on any atom is 0.167 e. The SMILES string of the molecule is Cl.Fc1ccc(F)c([C@H](c2ccco2)N2CCNCC2)c1F. The van der Waals surface area contributed by atoms with Gasteiger partial charge in [-0.15, -0.1) is 12.4 Å². The van der Waals surface area contributed by atoms with Crippen molar-refractivity contribution in [3.63, 3.8) is 0 Å². The standard InChI is InChI=1S/C15H15F3N2O.ClH/c16-10-3-4-11(17)14(18)13(10)15(12-2-1-9-21-12)20-7-5-19-6-8-20;/h1-4,9,15,19H,5-8H2;1H/t15-;/m0./s1. The number of piperazine rings is 1. The van der Waals surface area contributed by atoms with Crippen LogP contribution in [0.3, 0.4) is 0 Å². The van der Waals surface area contributed by atoms with Crippen LogP contribution in [0, 0.1) is 17.5 Å². The van der Waals surface area contributed by atoms with Crippen LogP contribution in [0.1, 0.15) is 17.4 Å². The molecule has 2 aromatic rings. The highest BCUT2D eigenvalue weighted by atomic mass is 35.5. The Morgan fingerprint density at radius 2 is 1.73 bits per heavy atom. The molecule has 0 radical (unpaired) electrons. The van der Waals surface area contributed by atoms with Gasteiger partial charge in [0.15, 0.2) is 11.6 Å². The molecule has 22 heavy (non-hydrogen) atoms. The van der Waals surface area contributed by atoms with Gasteiger partial charge in [0.2, 0.25) is 0 Å². The van der Waals surface area contributed by atoms with Crippen molar-refractivity contribution >= 4 is 12.4 Å². The Morgan fingerprint density at radius 3 is 2.36 bits per heavy atom. The summed E-state index contributed by atoms with van der Waals surface area (Å²) in [6.07, 6.45) is 1.44. The minimum atomic E-state index is -1.16. The number of hydrogen-bond donors (Lipinski definition) is 1. The summed E-state index contributed by atoms with van der Waals surface area (Å²) in [4.78, 5) is 1.89. The van der Waals surface area contributed by atoms with Crippen molar-refractivity contribution in [1.29, 1.82) is 0 Å². The topological polar surface area (TPSA) is 28.4 Å². The van der Waals surface area contributed by atoms with Crippen molar-refractivity contribution in [1.82, 2.24) is 10.2 Å². The maximum absolute atomic E-state index is 14.2. The van der Waals surface area contributed by atoms with E-state index in [-0.39, 0.29) is 18.0 Å². The Morgan fingerprint density at radius 1 is 1.05 bits per heavy atom. The molecule has 1 saturated heterocycles. The van der Waals surface area contributed by atoms with Gasteiger partial charge in [-0.25, -0.2) is 13.2 Å². The lowest BCUT2D eigenvalue weighted by Gasteiger charge is -2.34. The van der Waals surface area contributed by atoms with Crippen LogP contribution in [0.2, 0.25) is 0 Å². The Labute approximate surface area is 132 Å². The molecule has 3 nitrogen and oxygen atoms in total. The Hall–Kier alpha value is -1.50. The van der Waals surface area contributed by atoms with Crippen LogP contribution in [0.4, 0.5) is 13.2 Å². The number of rotatable bonds is 3. The molecule has 1 aliphatic heterocycles. The van der Waals surface area contributed by atoms with Crippen LogP contribution in [0.25, 0.3) is 0 Å². The molecule has 1 aromatic heterocycles. The molecule has 7 heteroatoms. The number of nitrogens with one attached hydrogen (secondary N) is 1. The maximum atomic E-state index is 14.2. The first-order chi connectivity index (χ1) is 10.2. The van der Waals surface area contributed by atoms with Gasteiger partial charge in [-0.2, -0.15) is 0 Å². The van der Waals surface area contributed by atoms with E-state index in [1.165, 1.54) is 6.26 Å². The first-order valence-corrected chi connectivity index (χ1v) is 6.80. The lowest BCUT2D eigenvalue weighted by atomic mass is 10.00. The lowest BCUT2D eigenvalue weighted by molar-refractivity contribution is 0.173. The average Bonchev–Trinajstić information content (AvgIpc) is 3.02. The van der Waals surface area contributed by atoms with Crippen molar-refractivity contribution in [2.75, 3.05) is 26.2 Å². The molecule has 1 fully saturated rings. The highest BCUT2D eigenvalue weighted by Crippen LogP contribution is 2.33. The smallest absolute Gasteiger partial charge is 0.167 e. The highest BCUT2D eigenvalue weighted by molar-refractivity contribution is 5.85. The van der Waals surface area contributed by atoms with Gasteiger partial charge < -0.3 is 9.73 Å². The summed E-state index contributed by atoms with van der Waals surface area (Å²) >= 11 is 0. The van der Waals surface area contributed by atoms with E-state index < -0.39 is 23.5 Å². The molecule has 0 amide bonds. The van der Waals surface area contributed by atoms with E-state index in [9.17, 15) is 13.2 Å². The summed E-state index contributed by atoms with van der Waals surface area (Å²) in [5.41, 5.74) is -0.299. The zero-order valence-electron chi connectivity index (χ0n) is 11.7. The molecular weight excluding hydrogens is 317 g/mol. The van der Waals surface area contributed by atoms with Crippen LogP contribution < -0.4 is 5.32 Å². The first-order valence-electron chi connectivity index (χ1n) is 6.80. The van der Waals surface area contributed by atoms with Gasteiger partial charge in [0, 0.05) is 26.2 Å². The molecule has 1 N–H and O–H groups in total. The zero-order valence-corrected chi connectivity index (χ0v) is 12.5. The second-order valence-corrected chi connectivity index (χ2v) is 4.96. The summed E-state index contributed by atoms with van der Waals surface area (Å²) in [6.45, 7) is 2.60. The van der Waals surface area contributed by atoms with Crippen molar-refractivity contribution in [3.05, 3.63) is 59.3 Å². The van der Waals surface area contributed by atoms with E-state index in [1.54, 1.807) is 12.1 Å².